The number of hydrogen-bond acceptors (Lipinski definition) is 7. The number of ether oxygens (including phenoxy) is 1. The summed E-state index contributed by atoms with van der Waals surface area (Å²) in [5.74, 6) is 0.141. The predicted molar refractivity (Wildman–Crippen MR) is 128 cm³/mol. The third-order valence-electron chi connectivity index (χ3n) is 4.64. The highest BCUT2D eigenvalue weighted by Crippen LogP contribution is 2.29. The number of anilines is 1. The maximum absolute atomic E-state index is 12.2. The molecule has 7 N–H and O–H groups in total. The maximum atomic E-state index is 12.2. The number of nitrogens with zero attached hydrogens (tertiary/aromatic N) is 1. The highest BCUT2D eigenvalue weighted by Gasteiger charge is 2.14. The number of nitrogen functional groups attached to an aromatic ring is 1. The van der Waals surface area contributed by atoms with Gasteiger partial charge >= 0.3 is 0 Å². The van der Waals surface area contributed by atoms with Crippen molar-refractivity contribution in [2.24, 2.45) is 5.73 Å². The van der Waals surface area contributed by atoms with E-state index in [0.29, 0.717) is 41.0 Å². The van der Waals surface area contributed by atoms with Crippen LogP contribution in [0.15, 0.2) is 34.8 Å². The van der Waals surface area contributed by atoms with Crippen LogP contribution in [0.5, 0.6) is 17.2 Å². The second kappa shape index (κ2) is 13.7. The van der Waals surface area contributed by atoms with E-state index < -0.39 is 0 Å². The number of nitrogens with two attached hydrogens (primary N) is 2. The number of halogens is 1. The number of likely N-dealkylation sites (N-methyl/N-ethyl adjacent to an activating group) is 1. The summed E-state index contributed by atoms with van der Waals surface area (Å²) < 4.78 is 5.89. The Morgan fingerprint density at radius 2 is 1.84 bits per heavy atom. The average molecular weight is 497 g/mol. The first kappa shape index (κ1) is 26.5. The van der Waals surface area contributed by atoms with Crippen LogP contribution in [-0.2, 0) is 6.42 Å². The van der Waals surface area contributed by atoms with Crippen molar-refractivity contribution in [1.82, 2.24) is 10.2 Å². The second-order valence-corrected chi connectivity index (χ2v) is 7.57. The molecule has 172 valence electrons. The van der Waals surface area contributed by atoms with Gasteiger partial charge in [0.15, 0.2) is 11.5 Å². The van der Waals surface area contributed by atoms with Crippen molar-refractivity contribution in [3.8, 4) is 17.2 Å². The van der Waals surface area contributed by atoms with Gasteiger partial charge in [-0.15, -0.1) is 0 Å². The number of carbonyl (C=O) groups is 1. The Morgan fingerprint density at radius 1 is 1.16 bits per heavy atom. The van der Waals surface area contributed by atoms with Crippen LogP contribution < -0.4 is 21.5 Å². The topological polar surface area (TPSA) is 134 Å². The number of amides is 1. The van der Waals surface area contributed by atoms with E-state index in [1.54, 1.807) is 18.2 Å². The number of nitrogens with one attached hydrogen (secondary N) is 1. The van der Waals surface area contributed by atoms with E-state index in [0.717, 1.165) is 25.2 Å². The third kappa shape index (κ3) is 8.64. The first-order valence-corrected chi connectivity index (χ1v) is 10.9. The molecule has 0 heterocycles. The minimum absolute atomic E-state index is 0.0871. The van der Waals surface area contributed by atoms with Gasteiger partial charge in [0.1, 0.15) is 5.75 Å². The van der Waals surface area contributed by atoms with Gasteiger partial charge in [-0.1, -0.05) is 19.9 Å². The van der Waals surface area contributed by atoms with Crippen molar-refractivity contribution < 1.29 is 19.7 Å². The molecule has 0 fully saturated rings. The van der Waals surface area contributed by atoms with Crippen LogP contribution >= 0.6 is 15.9 Å². The van der Waals surface area contributed by atoms with E-state index in [2.05, 4.69) is 40.0 Å². The normalized spacial score (nSPS) is 10.4. The van der Waals surface area contributed by atoms with Crippen molar-refractivity contribution >= 4 is 27.5 Å². The molecule has 0 bridgehead atoms. The molecule has 2 aromatic rings. The van der Waals surface area contributed by atoms with Crippen LogP contribution in [0.2, 0.25) is 0 Å². The van der Waals surface area contributed by atoms with Crippen LogP contribution in [-0.4, -0.2) is 60.9 Å². The van der Waals surface area contributed by atoms with Crippen LogP contribution in [0.1, 0.15) is 29.8 Å². The number of benzene rings is 2. The van der Waals surface area contributed by atoms with Gasteiger partial charge in [-0.25, -0.2) is 0 Å². The summed E-state index contributed by atoms with van der Waals surface area (Å²) in [6, 6.07) is 8.04. The summed E-state index contributed by atoms with van der Waals surface area (Å²) in [4.78, 5) is 14.4. The van der Waals surface area contributed by atoms with Crippen LogP contribution in [0.3, 0.4) is 0 Å². The molecule has 2 rings (SSSR count). The molecule has 0 radical (unpaired) electrons. The van der Waals surface area contributed by atoms with Gasteiger partial charge in [0.05, 0.1) is 12.7 Å². The van der Waals surface area contributed by atoms with E-state index in [-0.39, 0.29) is 17.4 Å². The molecule has 9 heteroatoms. The lowest BCUT2D eigenvalue weighted by atomic mass is 10.1. The van der Waals surface area contributed by atoms with Gasteiger partial charge in [-0.3, -0.25) is 4.79 Å². The molecule has 31 heavy (non-hydrogen) atoms. The third-order valence-corrected chi connectivity index (χ3v) is 5.33. The van der Waals surface area contributed by atoms with Crippen molar-refractivity contribution in [1.29, 1.82) is 0 Å². The summed E-state index contributed by atoms with van der Waals surface area (Å²) in [5.41, 5.74) is 13.0. The van der Waals surface area contributed by atoms with Crippen LogP contribution in [0, 0.1) is 0 Å². The Hall–Kier alpha value is -2.49. The molecule has 0 aromatic heterocycles. The van der Waals surface area contributed by atoms with Crippen molar-refractivity contribution in [2.45, 2.75) is 20.3 Å². The highest BCUT2D eigenvalue weighted by molar-refractivity contribution is 9.10. The summed E-state index contributed by atoms with van der Waals surface area (Å²) >= 11 is 3.32. The average Bonchev–Trinajstić information content (AvgIpc) is 2.76. The van der Waals surface area contributed by atoms with Gasteiger partial charge in [-0.05, 0) is 65.7 Å². The second-order valence-electron chi connectivity index (χ2n) is 6.72. The Morgan fingerprint density at radius 3 is 2.39 bits per heavy atom. The molecule has 0 unspecified atom stereocenters. The van der Waals surface area contributed by atoms with E-state index >= 15 is 0 Å². The quantitative estimate of drug-likeness (QED) is 0.266. The molecule has 0 aliphatic rings. The van der Waals surface area contributed by atoms with Gasteiger partial charge in [0.2, 0.25) is 0 Å². The number of aromatic hydroxyl groups is 2. The van der Waals surface area contributed by atoms with Gasteiger partial charge in [0.25, 0.3) is 5.91 Å². The number of carbonyl (C=O) groups excluding carboxylic acids is 1. The maximum Gasteiger partial charge on any atom is 0.255 e. The lowest BCUT2D eigenvalue weighted by Gasteiger charge is -2.18. The predicted octanol–water partition coefficient (Wildman–Crippen LogP) is 2.71. The standard InChI is InChI=1S/C14H22BrN3O2.C8H11NO2/c1-4-18(5-2)7-6-17-14(19)10-8-11(15)12(16)9-13(10)20-3;9-4-3-6-1-2-7(10)8(11)5-6/h8-9H,4-7,16H2,1-3H3,(H,17,19);1-2,5,10-11H,3-4,9H2. The van der Waals surface area contributed by atoms with E-state index in [1.807, 2.05) is 0 Å². The Bertz CT molecular complexity index is 845. The van der Waals surface area contributed by atoms with Crippen molar-refractivity contribution in [2.75, 3.05) is 45.6 Å². The fourth-order valence-corrected chi connectivity index (χ4v) is 3.11. The van der Waals surface area contributed by atoms with E-state index in [9.17, 15) is 4.79 Å². The summed E-state index contributed by atoms with van der Waals surface area (Å²) in [5, 5.41) is 20.9. The number of methoxy groups -OCH3 is 1. The number of hydrogen-bond donors (Lipinski definition) is 5. The lowest BCUT2D eigenvalue weighted by molar-refractivity contribution is 0.0946. The minimum Gasteiger partial charge on any atom is -0.504 e. The fraction of sp³-hybridized carbons (Fsp3) is 0.409. The van der Waals surface area contributed by atoms with Crippen LogP contribution in [0.4, 0.5) is 5.69 Å². The minimum atomic E-state index is -0.158. The van der Waals surface area contributed by atoms with Crippen LogP contribution in [0.25, 0.3) is 0 Å². The molecule has 0 atom stereocenters. The van der Waals surface area contributed by atoms with Gasteiger partial charge in [0, 0.05) is 29.3 Å². The largest absolute Gasteiger partial charge is 0.504 e. The zero-order valence-corrected chi connectivity index (χ0v) is 19.9. The SMILES string of the molecule is CCN(CC)CCNC(=O)c1cc(Br)c(N)cc1OC.NCCc1ccc(O)c(O)c1. The molecule has 0 saturated heterocycles. The molecular weight excluding hydrogens is 464 g/mol. The first-order valence-electron chi connectivity index (χ1n) is 10.1. The zero-order chi connectivity index (χ0) is 23.4. The fourth-order valence-electron chi connectivity index (χ4n) is 2.77. The number of rotatable bonds is 9. The van der Waals surface area contributed by atoms with E-state index in [4.69, 9.17) is 26.4 Å². The molecular formula is C22H33BrN4O4. The molecule has 1 amide bonds. The molecule has 8 nitrogen and oxygen atoms in total. The molecule has 0 spiro atoms. The monoisotopic (exact) mass is 496 g/mol. The molecule has 0 saturated carbocycles. The molecule has 0 aliphatic carbocycles. The highest BCUT2D eigenvalue weighted by atomic mass is 79.9. The summed E-state index contributed by atoms with van der Waals surface area (Å²) in [6.07, 6.45) is 0.716. The number of phenols is 2. The van der Waals surface area contributed by atoms with Gasteiger partial charge < -0.3 is 36.6 Å². The Kier molecular flexibility index (Phi) is 11.8. The molecule has 0 aliphatic heterocycles. The first-order chi connectivity index (χ1) is 14.8. The van der Waals surface area contributed by atoms with Crippen molar-refractivity contribution in [3.05, 3.63) is 45.9 Å². The lowest BCUT2D eigenvalue weighted by Crippen LogP contribution is -2.34. The smallest absolute Gasteiger partial charge is 0.255 e. The Balaban J connectivity index is 0.000000367. The summed E-state index contributed by atoms with van der Waals surface area (Å²) in [7, 11) is 1.52. The van der Waals surface area contributed by atoms with Crippen molar-refractivity contribution in [3.63, 3.8) is 0 Å². The summed E-state index contributed by atoms with van der Waals surface area (Å²) in [6.45, 7) is 8.14. The number of phenolic OH excluding ortho intramolecular Hbond substituents is 2. The Labute approximate surface area is 192 Å². The van der Waals surface area contributed by atoms with E-state index in [1.165, 1.54) is 19.2 Å². The zero-order valence-electron chi connectivity index (χ0n) is 18.3. The molecule has 2 aromatic carbocycles. The van der Waals surface area contributed by atoms with Gasteiger partial charge in [-0.2, -0.15) is 0 Å².